The number of nitrogens with one attached hydrogen (secondary N) is 2. The number of alkyl carbamates (subject to hydrolysis) is 1. The molecule has 0 aromatic heterocycles. The average molecular weight is 360 g/mol. The number of carbonyl (C=O) groups is 3. The molecule has 0 aliphatic carbocycles. The Hall–Kier alpha value is -1.83. The van der Waals surface area contributed by atoms with Crippen LogP contribution in [0.15, 0.2) is 0 Å². The number of carbonyl (C=O) groups excluding carboxylic acids is 3. The molecule has 3 atom stereocenters. The summed E-state index contributed by atoms with van der Waals surface area (Å²) >= 11 is 0. The van der Waals surface area contributed by atoms with Gasteiger partial charge in [-0.2, -0.15) is 0 Å². The van der Waals surface area contributed by atoms with Crippen LogP contribution in [0.1, 0.15) is 54.4 Å². The van der Waals surface area contributed by atoms with E-state index in [2.05, 4.69) is 15.4 Å². The minimum absolute atomic E-state index is 0.135. The van der Waals surface area contributed by atoms with Crippen molar-refractivity contribution in [2.24, 2.45) is 5.92 Å². The number of aliphatic hydroxyl groups is 1. The highest BCUT2D eigenvalue weighted by Crippen LogP contribution is 2.10. The van der Waals surface area contributed by atoms with E-state index in [9.17, 15) is 19.5 Å². The Kier molecular flexibility index (Phi) is 9.48. The standard InChI is InChI=1S/C17H32N2O6/c1-8-11(13(20)15(22)24-7)18-14(21)12(9-10(2)3)19-16(23)25-17(4,5)6/h10-13,20H,8-9H2,1-7H3,(H,18,21)(H,19,23)/t11?,12-,13?/m0/s1. The van der Waals surface area contributed by atoms with E-state index in [0.29, 0.717) is 12.8 Å². The fourth-order valence-corrected chi connectivity index (χ4v) is 2.13. The summed E-state index contributed by atoms with van der Waals surface area (Å²) < 4.78 is 9.67. The first-order chi connectivity index (χ1) is 11.4. The van der Waals surface area contributed by atoms with Crippen molar-refractivity contribution in [3.8, 4) is 0 Å². The van der Waals surface area contributed by atoms with Crippen molar-refractivity contribution in [1.82, 2.24) is 10.6 Å². The Morgan fingerprint density at radius 2 is 1.68 bits per heavy atom. The van der Waals surface area contributed by atoms with Crippen LogP contribution in [0.3, 0.4) is 0 Å². The monoisotopic (exact) mass is 360 g/mol. The normalized spacial score (nSPS) is 15.1. The summed E-state index contributed by atoms with van der Waals surface area (Å²) in [5, 5.41) is 15.1. The second kappa shape index (κ2) is 10.2. The van der Waals surface area contributed by atoms with Crippen LogP contribution < -0.4 is 10.6 Å². The van der Waals surface area contributed by atoms with Gasteiger partial charge in [0.05, 0.1) is 13.2 Å². The number of esters is 1. The molecule has 25 heavy (non-hydrogen) atoms. The van der Waals surface area contributed by atoms with Crippen molar-refractivity contribution in [3.05, 3.63) is 0 Å². The third-order valence-corrected chi connectivity index (χ3v) is 3.31. The quantitative estimate of drug-likeness (QED) is 0.563. The number of aliphatic hydroxyl groups excluding tert-OH is 1. The lowest BCUT2D eigenvalue weighted by atomic mass is 10.0. The number of methoxy groups -OCH3 is 1. The largest absolute Gasteiger partial charge is 0.467 e. The van der Waals surface area contributed by atoms with Crippen LogP contribution >= 0.6 is 0 Å². The van der Waals surface area contributed by atoms with Gasteiger partial charge in [-0.15, -0.1) is 0 Å². The minimum atomic E-state index is -1.47. The van der Waals surface area contributed by atoms with Crippen LogP contribution in [0.5, 0.6) is 0 Å². The molecule has 0 aromatic carbocycles. The van der Waals surface area contributed by atoms with Gasteiger partial charge in [-0.25, -0.2) is 9.59 Å². The summed E-state index contributed by atoms with van der Waals surface area (Å²) in [4.78, 5) is 35.9. The first kappa shape index (κ1) is 23.2. The molecule has 0 aliphatic rings. The number of amides is 2. The molecule has 0 aliphatic heterocycles. The van der Waals surface area contributed by atoms with E-state index in [1.165, 1.54) is 0 Å². The van der Waals surface area contributed by atoms with E-state index in [-0.39, 0.29) is 5.92 Å². The molecule has 0 spiro atoms. The average Bonchev–Trinajstić information content (AvgIpc) is 2.47. The number of ether oxygens (including phenoxy) is 2. The topological polar surface area (TPSA) is 114 Å². The molecule has 2 amide bonds. The number of rotatable bonds is 8. The Bertz CT molecular complexity index is 459. The molecule has 0 fully saturated rings. The van der Waals surface area contributed by atoms with Crippen molar-refractivity contribution >= 4 is 18.0 Å². The van der Waals surface area contributed by atoms with E-state index in [4.69, 9.17) is 4.74 Å². The predicted octanol–water partition coefficient (Wildman–Crippen LogP) is 1.35. The van der Waals surface area contributed by atoms with Gasteiger partial charge in [0.2, 0.25) is 5.91 Å². The first-order valence-electron chi connectivity index (χ1n) is 8.47. The molecule has 8 nitrogen and oxygen atoms in total. The first-order valence-corrected chi connectivity index (χ1v) is 8.47. The summed E-state index contributed by atoms with van der Waals surface area (Å²) in [5.74, 6) is -1.18. The molecule has 0 aromatic rings. The summed E-state index contributed by atoms with van der Waals surface area (Å²) in [6.07, 6.45) is -1.46. The van der Waals surface area contributed by atoms with Crippen molar-refractivity contribution < 1.29 is 29.0 Å². The molecule has 3 N–H and O–H groups in total. The molecular formula is C17H32N2O6. The number of hydrogen-bond acceptors (Lipinski definition) is 6. The van der Waals surface area contributed by atoms with Crippen molar-refractivity contribution in [3.63, 3.8) is 0 Å². The van der Waals surface area contributed by atoms with E-state index < -0.39 is 41.8 Å². The van der Waals surface area contributed by atoms with Gasteiger partial charge in [0.1, 0.15) is 11.6 Å². The fourth-order valence-electron chi connectivity index (χ4n) is 2.13. The van der Waals surface area contributed by atoms with Gasteiger partial charge in [-0.3, -0.25) is 4.79 Å². The molecular weight excluding hydrogens is 328 g/mol. The van der Waals surface area contributed by atoms with Gasteiger partial charge < -0.3 is 25.2 Å². The van der Waals surface area contributed by atoms with Crippen LogP contribution in [0.25, 0.3) is 0 Å². The van der Waals surface area contributed by atoms with Gasteiger partial charge in [0.25, 0.3) is 0 Å². The molecule has 146 valence electrons. The van der Waals surface area contributed by atoms with Crippen LogP contribution in [0.2, 0.25) is 0 Å². The van der Waals surface area contributed by atoms with Crippen molar-refractivity contribution in [2.45, 2.75) is 78.2 Å². The van der Waals surface area contributed by atoms with Crippen LogP contribution in [-0.2, 0) is 19.1 Å². The second-order valence-corrected chi connectivity index (χ2v) is 7.32. The fraction of sp³-hybridized carbons (Fsp3) is 0.824. The smallest absolute Gasteiger partial charge is 0.408 e. The van der Waals surface area contributed by atoms with E-state index in [1.54, 1.807) is 27.7 Å². The predicted molar refractivity (Wildman–Crippen MR) is 92.9 cm³/mol. The third kappa shape index (κ3) is 9.28. The van der Waals surface area contributed by atoms with E-state index in [1.807, 2.05) is 13.8 Å². The lowest BCUT2D eigenvalue weighted by Crippen LogP contribution is -2.54. The number of hydrogen-bond donors (Lipinski definition) is 3. The third-order valence-electron chi connectivity index (χ3n) is 3.31. The van der Waals surface area contributed by atoms with Crippen LogP contribution in [0.4, 0.5) is 4.79 Å². The molecule has 0 radical (unpaired) electrons. The molecule has 0 rings (SSSR count). The zero-order chi connectivity index (χ0) is 19.8. The molecule has 0 bridgehead atoms. The Balaban J connectivity index is 5.04. The lowest BCUT2D eigenvalue weighted by molar-refractivity contribution is -0.152. The maximum Gasteiger partial charge on any atom is 0.408 e. The molecule has 0 saturated carbocycles. The van der Waals surface area contributed by atoms with Gasteiger partial charge in [0.15, 0.2) is 6.10 Å². The van der Waals surface area contributed by atoms with Gasteiger partial charge in [-0.1, -0.05) is 20.8 Å². The summed E-state index contributed by atoms with van der Waals surface area (Å²) in [5.41, 5.74) is -0.685. The van der Waals surface area contributed by atoms with Gasteiger partial charge >= 0.3 is 12.1 Å². The SMILES string of the molecule is CCC(NC(=O)[C@H](CC(C)C)NC(=O)OC(C)(C)C)C(O)C(=O)OC. The maximum atomic E-state index is 12.5. The zero-order valence-corrected chi connectivity index (χ0v) is 16.2. The molecule has 2 unspecified atom stereocenters. The van der Waals surface area contributed by atoms with E-state index >= 15 is 0 Å². The van der Waals surface area contributed by atoms with Crippen LogP contribution in [0, 0.1) is 5.92 Å². The minimum Gasteiger partial charge on any atom is -0.467 e. The lowest BCUT2D eigenvalue weighted by Gasteiger charge is -2.27. The highest BCUT2D eigenvalue weighted by Gasteiger charge is 2.31. The van der Waals surface area contributed by atoms with Crippen LogP contribution in [-0.4, -0.2) is 54.0 Å². The van der Waals surface area contributed by atoms with Crippen molar-refractivity contribution in [2.75, 3.05) is 7.11 Å². The second-order valence-electron chi connectivity index (χ2n) is 7.32. The molecule has 0 heterocycles. The van der Waals surface area contributed by atoms with Gasteiger partial charge in [0, 0.05) is 0 Å². The zero-order valence-electron chi connectivity index (χ0n) is 16.2. The highest BCUT2D eigenvalue weighted by molar-refractivity contribution is 5.86. The van der Waals surface area contributed by atoms with Gasteiger partial charge in [-0.05, 0) is 39.5 Å². The Morgan fingerprint density at radius 3 is 2.08 bits per heavy atom. The molecule has 8 heteroatoms. The Morgan fingerprint density at radius 1 is 1.12 bits per heavy atom. The van der Waals surface area contributed by atoms with Crippen molar-refractivity contribution in [1.29, 1.82) is 0 Å². The molecule has 0 saturated heterocycles. The summed E-state index contributed by atoms with van der Waals surface area (Å²) in [6.45, 7) is 10.7. The summed E-state index contributed by atoms with van der Waals surface area (Å²) in [6, 6.07) is -1.65. The summed E-state index contributed by atoms with van der Waals surface area (Å²) in [7, 11) is 1.16. The highest BCUT2D eigenvalue weighted by atomic mass is 16.6. The van der Waals surface area contributed by atoms with E-state index in [0.717, 1.165) is 7.11 Å². The Labute approximate surface area is 149 Å². The maximum absolute atomic E-state index is 12.5.